The first-order valence-electron chi connectivity index (χ1n) is 8.76. The summed E-state index contributed by atoms with van der Waals surface area (Å²) < 4.78 is 20.7. The topological polar surface area (TPSA) is 72.1 Å². The number of carbonyl (C=O) groups excluding carboxylic acids is 1. The van der Waals surface area contributed by atoms with Crippen LogP contribution in [0.2, 0.25) is 0 Å². The average molecular weight is 366 g/mol. The first-order valence-corrected chi connectivity index (χ1v) is 8.76. The number of amides is 1. The van der Waals surface area contributed by atoms with Crippen LogP contribution in [0.4, 0.5) is 4.39 Å². The molecule has 1 amide bonds. The van der Waals surface area contributed by atoms with Crippen LogP contribution in [-0.2, 0) is 5.67 Å². The Morgan fingerprint density at radius 2 is 1.89 bits per heavy atom. The van der Waals surface area contributed by atoms with E-state index in [9.17, 15) is 4.79 Å². The average Bonchev–Trinajstić information content (AvgIpc) is 3.29. The van der Waals surface area contributed by atoms with E-state index in [1.54, 1.807) is 24.5 Å². The Labute approximate surface area is 156 Å². The first-order chi connectivity index (χ1) is 12.9. The predicted octanol–water partition coefficient (Wildman–Crippen LogP) is 3.46. The third kappa shape index (κ3) is 3.32. The molecule has 1 saturated heterocycles. The summed E-state index contributed by atoms with van der Waals surface area (Å²) in [4.78, 5) is 22.4. The molecule has 7 heteroatoms. The summed E-state index contributed by atoms with van der Waals surface area (Å²) in [7, 11) is 0. The maximum absolute atomic E-state index is 15.5. The summed E-state index contributed by atoms with van der Waals surface area (Å²) in [6.07, 6.45) is 3.34. The van der Waals surface area contributed by atoms with Gasteiger partial charge in [0.05, 0.1) is 6.54 Å². The van der Waals surface area contributed by atoms with Crippen LogP contribution in [-0.4, -0.2) is 39.0 Å². The Bertz CT molecular complexity index is 968. The molecule has 2 aromatic heterocycles. The van der Waals surface area contributed by atoms with Crippen molar-refractivity contribution in [1.82, 2.24) is 20.0 Å². The van der Waals surface area contributed by atoms with E-state index in [0.717, 1.165) is 11.1 Å². The number of aryl methyl sites for hydroxylation is 2. The summed E-state index contributed by atoms with van der Waals surface area (Å²) >= 11 is 0. The zero-order valence-corrected chi connectivity index (χ0v) is 15.1. The highest BCUT2D eigenvalue weighted by atomic mass is 19.1. The molecule has 6 nitrogen and oxygen atoms in total. The van der Waals surface area contributed by atoms with Gasteiger partial charge in [-0.2, -0.15) is 4.98 Å². The smallest absolute Gasteiger partial charge is 0.258 e. The van der Waals surface area contributed by atoms with Crippen molar-refractivity contribution in [3.63, 3.8) is 0 Å². The molecular formula is C20H19FN4O2. The Morgan fingerprint density at radius 3 is 2.59 bits per heavy atom. The van der Waals surface area contributed by atoms with Crippen LogP contribution in [0.5, 0.6) is 0 Å². The van der Waals surface area contributed by atoms with Crippen molar-refractivity contribution in [3.05, 3.63) is 65.2 Å². The van der Waals surface area contributed by atoms with Crippen LogP contribution < -0.4 is 0 Å². The van der Waals surface area contributed by atoms with Crippen molar-refractivity contribution >= 4 is 5.91 Å². The third-order valence-electron chi connectivity index (χ3n) is 4.73. The minimum absolute atomic E-state index is 0.0231. The molecule has 3 heterocycles. The number of hydrogen-bond acceptors (Lipinski definition) is 5. The number of halogens is 1. The van der Waals surface area contributed by atoms with Gasteiger partial charge in [0.1, 0.15) is 0 Å². The van der Waals surface area contributed by atoms with Crippen LogP contribution >= 0.6 is 0 Å². The van der Waals surface area contributed by atoms with Gasteiger partial charge in [0.2, 0.25) is 5.82 Å². The van der Waals surface area contributed by atoms with Crippen LogP contribution in [0.1, 0.15) is 33.7 Å². The SMILES string of the molecule is Cc1cc(C)cc(C(=O)N2CCC(F)(c3noc(-c4ccncc4)n3)C2)c1. The van der Waals surface area contributed by atoms with E-state index < -0.39 is 5.67 Å². The van der Waals surface area contributed by atoms with Gasteiger partial charge in [-0.3, -0.25) is 9.78 Å². The molecular weight excluding hydrogens is 347 g/mol. The van der Waals surface area contributed by atoms with Crippen LogP contribution in [0.25, 0.3) is 11.5 Å². The Morgan fingerprint density at radius 1 is 1.19 bits per heavy atom. The van der Waals surface area contributed by atoms with Crippen molar-refractivity contribution in [3.8, 4) is 11.5 Å². The minimum Gasteiger partial charge on any atom is -0.335 e. The van der Waals surface area contributed by atoms with Gasteiger partial charge in [-0.05, 0) is 38.1 Å². The highest BCUT2D eigenvalue weighted by Crippen LogP contribution is 2.36. The van der Waals surface area contributed by atoms with E-state index >= 15 is 4.39 Å². The maximum atomic E-state index is 15.5. The van der Waals surface area contributed by atoms with E-state index in [1.165, 1.54) is 4.90 Å². The number of alkyl halides is 1. The quantitative estimate of drug-likeness (QED) is 0.710. The molecule has 0 radical (unpaired) electrons. The largest absolute Gasteiger partial charge is 0.335 e. The van der Waals surface area contributed by atoms with Crippen LogP contribution in [0, 0.1) is 13.8 Å². The van der Waals surface area contributed by atoms with Crippen molar-refractivity contribution in [2.45, 2.75) is 25.9 Å². The van der Waals surface area contributed by atoms with Gasteiger partial charge >= 0.3 is 0 Å². The fraction of sp³-hybridized carbons (Fsp3) is 0.300. The van der Waals surface area contributed by atoms with E-state index in [4.69, 9.17) is 4.52 Å². The van der Waals surface area contributed by atoms with E-state index in [1.807, 2.05) is 32.0 Å². The van der Waals surface area contributed by atoms with Gasteiger partial charge in [-0.25, -0.2) is 4.39 Å². The zero-order chi connectivity index (χ0) is 19.0. The molecule has 0 N–H and O–H groups in total. The summed E-state index contributed by atoms with van der Waals surface area (Å²) in [5.41, 5.74) is 1.44. The summed E-state index contributed by atoms with van der Waals surface area (Å²) in [6, 6.07) is 9.08. The predicted molar refractivity (Wildman–Crippen MR) is 96.8 cm³/mol. The maximum Gasteiger partial charge on any atom is 0.258 e. The van der Waals surface area contributed by atoms with Gasteiger partial charge in [0, 0.05) is 36.5 Å². The molecule has 0 aliphatic carbocycles. The molecule has 3 aromatic rings. The number of carbonyl (C=O) groups is 1. The van der Waals surface area contributed by atoms with Crippen LogP contribution in [0.3, 0.4) is 0 Å². The minimum atomic E-state index is -1.82. The molecule has 0 bridgehead atoms. The second kappa shape index (κ2) is 6.57. The van der Waals surface area contributed by atoms with Gasteiger partial charge in [-0.15, -0.1) is 0 Å². The molecule has 1 aliphatic heterocycles. The van der Waals surface area contributed by atoms with Crippen molar-refractivity contribution < 1.29 is 13.7 Å². The lowest BCUT2D eigenvalue weighted by atomic mass is 10.0. The second-order valence-electron chi connectivity index (χ2n) is 6.98. The highest BCUT2D eigenvalue weighted by Gasteiger charge is 2.45. The van der Waals surface area contributed by atoms with Crippen molar-refractivity contribution in [1.29, 1.82) is 0 Å². The Balaban J connectivity index is 1.54. The number of hydrogen-bond donors (Lipinski definition) is 0. The Kier molecular flexibility index (Phi) is 4.22. The van der Waals surface area contributed by atoms with Gasteiger partial charge < -0.3 is 9.42 Å². The highest BCUT2D eigenvalue weighted by molar-refractivity contribution is 5.94. The lowest BCUT2D eigenvalue weighted by Crippen LogP contribution is -2.32. The number of rotatable bonds is 3. The molecule has 0 spiro atoms. The van der Waals surface area contributed by atoms with Crippen molar-refractivity contribution in [2.75, 3.05) is 13.1 Å². The molecule has 0 saturated carbocycles. The number of nitrogens with zero attached hydrogens (tertiary/aromatic N) is 4. The normalized spacial score (nSPS) is 19.4. The molecule has 1 atom stereocenters. The Hall–Kier alpha value is -3.09. The molecule has 1 unspecified atom stereocenters. The van der Waals surface area contributed by atoms with E-state index in [-0.39, 0.29) is 30.6 Å². The number of likely N-dealkylation sites (tertiary alicyclic amines) is 1. The molecule has 1 aliphatic rings. The van der Waals surface area contributed by atoms with Gasteiger partial charge in [0.25, 0.3) is 11.8 Å². The molecule has 1 aromatic carbocycles. The van der Waals surface area contributed by atoms with Crippen molar-refractivity contribution in [2.24, 2.45) is 0 Å². The molecule has 4 rings (SSSR count). The fourth-order valence-electron chi connectivity index (χ4n) is 3.43. The first kappa shape index (κ1) is 17.3. The number of aromatic nitrogens is 3. The lowest BCUT2D eigenvalue weighted by molar-refractivity contribution is 0.0742. The van der Waals surface area contributed by atoms with E-state index in [0.29, 0.717) is 17.7 Å². The van der Waals surface area contributed by atoms with Gasteiger partial charge in [0.15, 0.2) is 5.67 Å². The third-order valence-corrected chi connectivity index (χ3v) is 4.73. The lowest BCUT2D eigenvalue weighted by Gasteiger charge is -2.19. The molecule has 27 heavy (non-hydrogen) atoms. The summed E-state index contributed by atoms with van der Waals surface area (Å²) in [6.45, 7) is 4.09. The zero-order valence-electron chi connectivity index (χ0n) is 15.1. The molecule has 138 valence electrons. The fourth-order valence-corrected chi connectivity index (χ4v) is 3.43. The van der Waals surface area contributed by atoms with Crippen LogP contribution in [0.15, 0.2) is 47.2 Å². The molecule has 1 fully saturated rings. The standard InChI is InChI=1S/C20H19FN4O2/c1-13-9-14(2)11-16(10-13)18(26)25-8-5-20(21,12-25)19-23-17(27-24-19)15-3-6-22-7-4-15/h3-4,6-7,9-11H,5,8,12H2,1-2H3. The van der Waals surface area contributed by atoms with E-state index in [2.05, 4.69) is 15.1 Å². The number of benzene rings is 1. The van der Waals surface area contributed by atoms with Gasteiger partial charge in [-0.1, -0.05) is 22.3 Å². The summed E-state index contributed by atoms with van der Waals surface area (Å²) in [5.74, 6) is 0.0349. The summed E-state index contributed by atoms with van der Waals surface area (Å²) in [5, 5.41) is 3.82. The monoisotopic (exact) mass is 366 g/mol. The second-order valence-corrected chi connectivity index (χ2v) is 6.98. The number of pyridine rings is 1.